The van der Waals surface area contributed by atoms with Gasteiger partial charge < -0.3 is 22.4 Å². The molecule has 0 aliphatic carbocycles. The summed E-state index contributed by atoms with van der Waals surface area (Å²) in [5.74, 6) is -1.26. The Bertz CT molecular complexity index is 427. The first-order chi connectivity index (χ1) is 8.59. The molecule has 0 aromatic heterocycles. The molecule has 1 rings (SSSR count). The van der Waals surface area contributed by atoms with E-state index >= 15 is 0 Å². The van der Waals surface area contributed by atoms with Gasteiger partial charge in [-0.1, -0.05) is 11.5 Å². The maximum atomic E-state index is 13.0. The van der Waals surface area contributed by atoms with E-state index in [4.69, 9.17) is 9.47 Å². The fourth-order valence-electron chi connectivity index (χ4n) is 1.40. The lowest BCUT2D eigenvalue weighted by Gasteiger charge is -2.22. The van der Waals surface area contributed by atoms with E-state index in [1.54, 1.807) is 0 Å². The minimum atomic E-state index is -5.23. The third-order valence-electron chi connectivity index (χ3n) is 2.20. The summed E-state index contributed by atoms with van der Waals surface area (Å²) in [7, 11) is 0. The second-order valence-corrected chi connectivity index (χ2v) is 5.07. The van der Waals surface area contributed by atoms with Crippen LogP contribution in [0.25, 0.3) is 0 Å². The van der Waals surface area contributed by atoms with Crippen LogP contribution in [-0.4, -0.2) is 25.8 Å². The van der Waals surface area contributed by atoms with Gasteiger partial charge in [-0.05, 0) is 26.8 Å². The molecular formula is C12H16BF4O2-. The molecule has 0 aliphatic heterocycles. The van der Waals surface area contributed by atoms with E-state index in [0.717, 1.165) is 12.1 Å². The summed E-state index contributed by atoms with van der Waals surface area (Å²) >= 11 is 0. The maximum absolute atomic E-state index is 13.0. The molecule has 0 N–H and O–H groups in total. The van der Waals surface area contributed by atoms with Crippen LogP contribution in [-0.2, 0) is 4.74 Å². The van der Waals surface area contributed by atoms with Crippen molar-refractivity contribution in [1.82, 2.24) is 0 Å². The highest BCUT2D eigenvalue weighted by molar-refractivity contribution is 6.74. The van der Waals surface area contributed by atoms with Gasteiger partial charge in [-0.3, -0.25) is 0 Å². The Hall–Kier alpha value is -1.24. The SMILES string of the molecule is CC(C)(C)OCCOc1cc(F)ccc1[B-](F)(F)F. The summed E-state index contributed by atoms with van der Waals surface area (Å²) in [6.45, 7) is 0.286. The van der Waals surface area contributed by atoms with E-state index in [1.165, 1.54) is 0 Å². The van der Waals surface area contributed by atoms with Crippen molar-refractivity contribution in [3.63, 3.8) is 0 Å². The summed E-state index contributed by atoms with van der Waals surface area (Å²) in [6.07, 6.45) is 0. The highest BCUT2D eigenvalue weighted by Crippen LogP contribution is 2.19. The molecule has 0 heterocycles. The van der Waals surface area contributed by atoms with E-state index in [1.807, 2.05) is 20.8 Å². The second kappa shape index (κ2) is 5.82. The molecule has 0 bridgehead atoms. The molecule has 2 nitrogen and oxygen atoms in total. The highest BCUT2D eigenvalue weighted by atomic mass is 19.4. The topological polar surface area (TPSA) is 18.5 Å². The third kappa shape index (κ3) is 5.51. The third-order valence-corrected chi connectivity index (χ3v) is 2.20. The standard InChI is InChI=1S/C12H16BF4O2/c1-12(2,3)19-7-6-18-11-8-9(14)4-5-10(11)13(15,16)17/h4-5,8H,6-7H2,1-3H3/q-1. The number of halogens is 4. The Balaban J connectivity index is 2.69. The zero-order valence-corrected chi connectivity index (χ0v) is 11.1. The van der Waals surface area contributed by atoms with Crippen molar-refractivity contribution in [1.29, 1.82) is 0 Å². The normalized spacial score (nSPS) is 12.6. The van der Waals surface area contributed by atoms with Crippen LogP contribution in [0.4, 0.5) is 17.3 Å². The van der Waals surface area contributed by atoms with Crippen molar-refractivity contribution >= 4 is 12.4 Å². The molecule has 0 atom stereocenters. The van der Waals surface area contributed by atoms with E-state index in [-0.39, 0.29) is 13.2 Å². The van der Waals surface area contributed by atoms with Crippen LogP contribution in [0.2, 0.25) is 0 Å². The fraction of sp³-hybridized carbons (Fsp3) is 0.500. The van der Waals surface area contributed by atoms with E-state index in [9.17, 15) is 17.3 Å². The molecule has 1 aromatic rings. The van der Waals surface area contributed by atoms with Crippen molar-refractivity contribution in [3.05, 3.63) is 24.0 Å². The number of ether oxygens (including phenoxy) is 2. The number of rotatable bonds is 5. The molecule has 0 unspecified atom stereocenters. The fourth-order valence-corrected chi connectivity index (χ4v) is 1.40. The van der Waals surface area contributed by atoms with Crippen LogP contribution in [0.3, 0.4) is 0 Å². The van der Waals surface area contributed by atoms with Gasteiger partial charge >= 0.3 is 6.98 Å². The lowest BCUT2D eigenvalue weighted by molar-refractivity contribution is -0.0162. The predicted octanol–water partition coefficient (Wildman–Crippen LogP) is 3.07. The number of hydrogen-bond acceptors (Lipinski definition) is 2. The van der Waals surface area contributed by atoms with E-state index in [2.05, 4.69) is 0 Å². The van der Waals surface area contributed by atoms with Gasteiger partial charge in [0.1, 0.15) is 12.4 Å². The Morgan fingerprint density at radius 2 is 1.74 bits per heavy atom. The van der Waals surface area contributed by atoms with Crippen LogP contribution in [0, 0.1) is 5.82 Å². The zero-order chi connectivity index (χ0) is 14.7. The lowest BCUT2D eigenvalue weighted by Crippen LogP contribution is -2.36. The van der Waals surface area contributed by atoms with Crippen molar-refractivity contribution in [2.45, 2.75) is 26.4 Å². The Labute approximate surface area is 109 Å². The second-order valence-electron chi connectivity index (χ2n) is 5.07. The summed E-state index contributed by atoms with van der Waals surface area (Å²) in [4.78, 5) is 0. The average molecular weight is 279 g/mol. The van der Waals surface area contributed by atoms with Gasteiger partial charge in [0, 0.05) is 6.07 Å². The summed E-state index contributed by atoms with van der Waals surface area (Å²) in [5.41, 5.74) is -1.33. The Morgan fingerprint density at radius 3 is 2.26 bits per heavy atom. The van der Waals surface area contributed by atoms with Crippen LogP contribution in [0.1, 0.15) is 20.8 Å². The molecular weight excluding hydrogens is 263 g/mol. The van der Waals surface area contributed by atoms with Gasteiger partial charge in [0.25, 0.3) is 0 Å². The lowest BCUT2D eigenvalue weighted by atomic mass is 9.79. The molecule has 19 heavy (non-hydrogen) atoms. The molecule has 0 spiro atoms. The van der Waals surface area contributed by atoms with Gasteiger partial charge in [-0.15, -0.1) is 0 Å². The van der Waals surface area contributed by atoms with Crippen molar-refractivity contribution in [2.75, 3.05) is 13.2 Å². The number of hydrogen-bond donors (Lipinski definition) is 0. The first-order valence-corrected chi connectivity index (χ1v) is 5.86. The zero-order valence-electron chi connectivity index (χ0n) is 11.1. The smallest absolute Gasteiger partial charge is 0.494 e. The predicted molar refractivity (Wildman–Crippen MR) is 66.3 cm³/mol. The van der Waals surface area contributed by atoms with Crippen LogP contribution in [0.15, 0.2) is 18.2 Å². The van der Waals surface area contributed by atoms with Crippen LogP contribution < -0.4 is 10.2 Å². The highest BCUT2D eigenvalue weighted by Gasteiger charge is 2.29. The Kier molecular flexibility index (Phi) is 4.84. The van der Waals surface area contributed by atoms with Gasteiger partial charge in [0.2, 0.25) is 0 Å². The molecule has 0 amide bonds. The van der Waals surface area contributed by atoms with Gasteiger partial charge in [-0.2, -0.15) is 0 Å². The molecule has 108 valence electrons. The van der Waals surface area contributed by atoms with Crippen LogP contribution >= 0.6 is 0 Å². The molecule has 0 aliphatic rings. The quantitative estimate of drug-likeness (QED) is 0.468. The summed E-state index contributed by atoms with van der Waals surface area (Å²) in [6, 6.07) is 2.19. The van der Waals surface area contributed by atoms with Crippen molar-refractivity contribution < 1.29 is 26.8 Å². The monoisotopic (exact) mass is 279 g/mol. The summed E-state index contributed by atoms with van der Waals surface area (Å²) < 4.78 is 61.4. The molecule has 0 saturated carbocycles. The molecule has 0 radical (unpaired) electrons. The van der Waals surface area contributed by atoms with Crippen LogP contribution in [0.5, 0.6) is 5.75 Å². The molecule has 0 saturated heterocycles. The van der Waals surface area contributed by atoms with Gasteiger partial charge in [0.05, 0.1) is 18.0 Å². The largest absolute Gasteiger partial charge is 0.513 e. The Morgan fingerprint density at radius 1 is 1.11 bits per heavy atom. The first-order valence-electron chi connectivity index (χ1n) is 5.86. The van der Waals surface area contributed by atoms with Gasteiger partial charge in [-0.25, -0.2) is 4.39 Å². The minimum Gasteiger partial charge on any atom is -0.494 e. The minimum absolute atomic E-state index is 0.0696. The van der Waals surface area contributed by atoms with Crippen molar-refractivity contribution in [2.24, 2.45) is 0 Å². The summed E-state index contributed by atoms with van der Waals surface area (Å²) in [5, 5.41) is 0. The van der Waals surface area contributed by atoms with E-state index < -0.39 is 29.6 Å². The van der Waals surface area contributed by atoms with E-state index in [0.29, 0.717) is 6.07 Å². The average Bonchev–Trinajstić information content (AvgIpc) is 2.21. The van der Waals surface area contributed by atoms with Gasteiger partial charge in [0.15, 0.2) is 0 Å². The maximum Gasteiger partial charge on any atom is 0.513 e. The molecule has 7 heteroatoms. The first kappa shape index (κ1) is 15.8. The molecule has 1 aromatic carbocycles. The van der Waals surface area contributed by atoms with Crippen molar-refractivity contribution in [3.8, 4) is 5.75 Å². The number of benzene rings is 1. The molecule has 0 fully saturated rings.